The predicted molar refractivity (Wildman–Crippen MR) is 82.6 cm³/mol. The Hall–Kier alpha value is -1.00. The van der Waals surface area contributed by atoms with E-state index in [1.165, 1.54) is 38.2 Å². The highest BCUT2D eigenvalue weighted by Crippen LogP contribution is 2.31. The van der Waals surface area contributed by atoms with E-state index in [-0.39, 0.29) is 11.1 Å². The number of alkyl halides is 2. The summed E-state index contributed by atoms with van der Waals surface area (Å²) in [6.45, 7) is 1.56. The smallest absolute Gasteiger partial charge is 0.263 e. The van der Waals surface area contributed by atoms with E-state index < -0.39 is 6.43 Å². The summed E-state index contributed by atoms with van der Waals surface area (Å²) in [6.07, 6.45) is 3.91. The molecule has 1 aliphatic carbocycles. The van der Waals surface area contributed by atoms with Crippen LogP contribution in [0.1, 0.15) is 49.7 Å². The average molecular weight is 296 g/mol. The summed E-state index contributed by atoms with van der Waals surface area (Å²) >= 11 is 0. The van der Waals surface area contributed by atoms with E-state index in [1.807, 2.05) is 6.07 Å². The van der Waals surface area contributed by atoms with Gasteiger partial charge in [-0.3, -0.25) is 0 Å². The van der Waals surface area contributed by atoms with E-state index in [2.05, 4.69) is 24.3 Å². The molecule has 1 aliphatic rings. The van der Waals surface area contributed by atoms with Gasteiger partial charge in [0.1, 0.15) is 0 Å². The second kappa shape index (κ2) is 7.32. The van der Waals surface area contributed by atoms with Crippen molar-refractivity contribution < 1.29 is 8.78 Å². The Morgan fingerprint density at radius 3 is 2.52 bits per heavy atom. The van der Waals surface area contributed by atoms with Gasteiger partial charge in [-0.15, -0.1) is 0 Å². The molecule has 0 amide bonds. The summed E-state index contributed by atoms with van der Waals surface area (Å²) in [5.74, 6) is 0. The average Bonchev–Trinajstić information content (AvgIpc) is 2.48. The van der Waals surface area contributed by atoms with Crippen molar-refractivity contribution in [3.63, 3.8) is 0 Å². The maximum Gasteiger partial charge on any atom is 0.263 e. The van der Waals surface area contributed by atoms with Gasteiger partial charge >= 0.3 is 0 Å². The predicted octanol–water partition coefficient (Wildman–Crippen LogP) is 3.98. The molecule has 4 heteroatoms. The second-order valence-electron chi connectivity index (χ2n) is 6.33. The van der Waals surface area contributed by atoms with Crippen LogP contribution >= 0.6 is 0 Å². The zero-order valence-corrected chi connectivity index (χ0v) is 13.0. The van der Waals surface area contributed by atoms with E-state index in [0.29, 0.717) is 6.54 Å². The standard InChI is InChI=1S/C17H26F2N2/c1-21(2)17(9-4-3-5-10-17)13-20-12-14-7-6-8-15(11-14)16(18)19/h6-8,11,16,20H,3-5,9-10,12-13H2,1-2H3. The molecule has 0 bridgehead atoms. The topological polar surface area (TPSA) is 15.3 Å². The number of rotatable bonds is 6. The summed E-state index contributed by atoms with van der Waals surface area (Å²) in [6, 6.07) is 6.69. The third-order valence-corrected chi connectivity index (χ3v) is 4.72. The Morgan fingerprint density at radius 2 is 1.90 bits per heavy atom. The highest BCUT2D eigenvalue weighted by atomic mass is 19.3. The molecule has 1 aromatic carbocycles. The molecule has 2 nitrogen and oxygen atoms in total. The van der Waals surface area contributed by atoms with Crippen molar-refractivity contribution in [3.05, 3.63) is 35.4 Å². The van der Waals surface area contributed by atoms with Gasteiger partial charge in [-0.05, 0) is 38.6 Å². The van der Waals surface area contributed by atoms with E-state index in [0.717, 1.165) is 12.1 Å². The van der Waals surface area contributed by atoms with Gasteiger partial charge in [0.2, 0.25) is 0 Å². The zero-order valence-electron chi connectivity index (χ0n) is 13.0. The number of halogens is 2. The fraction of sp³-hybridized carbons (Fsp3) is 0.647. The van der Waals surface area contributed by atoms with E-state index in [4.69, 9.17) is 0 Å². The van der Waals surface area contributed by atoms with Crippen LogP contribution in [-0.4, -0.2) is 31.1 Å². The zero-order chi connectivity index (χ0) is 15.3. The van der Waals surface area contributed by atoms with Crippen LogP contribution in [0.4, 0.5) is 8.78 Å². The number of nitrogens with zero attached hydrogens (tertiary/aromatic N) is 1. The van der Waals surface area contributed by atoms with Crippen molar-refractivity contribution in [2.75, 3.05) is 20.6 Å². The van der Waals surface area contributed by atoms with Crippen LogP contribution in [0.2, 0.25) is 0 Å². The second-order valence-corrected chi connectivity index (χ2v) is 6.33. The fourth-order valence-electron chi connectivity index (χ4n) is 3.27. The largest absolute Gasteiger partial charge is 0.311 e. The summed E-state index contributed by atoms with van der Waals surface area (Å²) in [5.41, 5.74) is 1.25. The third-order valence-electron chi connectivity index (χ3n) is 4.72. The summed E-state index contributed by atoms with van der Waals surface area (Å²) in [7, 11) is 4.29. The van der Waals surface area contributed by atoms with Crippen LogP contribution in [0.25, 0.3) is 0 Å². The lowest BCUT2D eigenvalue weighted by atomic mass is 9.80. The van der Waals surface area contributed by atoms with Gasteiger partial charge in [0.05, 0.1) is 0 Å². The normalized spacial score (nSPS) is 18.4. The van der Waals surface area contributed by atoms with Crippen molar-refractivity contribution >= 4 is 0 Å². The summed E-state index contributed by atoms with van der Waals surface area (Å²) in [5, 5.41) is 3.47. The molecule has 1 saturated carbocycles. The van der Waals surface area contributed by atoms with E-state index >= 15 is 0 Å². The molecule has 0 saturated heterocycles. The number of nitrogens with one attached hydrogen (secondary N) is 1. The first-order chi connectivity index (χ1) is 10.0. The maximum atomic E-state index is 12.7. The van der Waals surface area contributed by atoms with Gasteiger partial charge in [-0.2, -0.15) is 0 Å². The molecular weight excluding hydrogens is 270 g/mol. The Bertz CT molecular complexity index is 440. The highest BCUT2D eigenvalue weighted by Gasteiger charge is 2.33. The van der Waals surface area contributed by atoms with Crippen LogP contribution < -0.4 is 5.32 Å². The van der Waals surface area contributed by atoms with Crippen LogP contribution in [0.15, 0.2) is 24.3 Å². The highest BCUT2D eigenvalue weighted by molar-refractivity contribution is 5.24. The van der Waals surface area contributed by atoms with Crippen LogP contribution in [0, 0.1) is 0 Å². The molecule has 1 fully saturated rings. The summed E-state index contributed by atoms with van der Waals surface area (Å²) in [4.78, 5) is 2.33. The van der Waals surface area contributed by atoms with Gasteiger partial charge in [0.15, 0.2) is 0 Å². The van der Waals surface area contributed by atoms with E-state index in [1.54, 1.807) is 12.1 Å². The first-order valence-corrected chi connectivity index (χ1v) is 7.79. The minimum absolute atomic E-state index is 0.106. The number of benzene rings is 1. The lowest BCUT2D eigenvalue weighted by molar-refractivity contribution is 0.0983. The third kappa shape index (κ3) is 4.24. The molecule has 0 aromatic heterocycles. The molecule has 0 heterocycles. The monoisotopic (exact) mass is 296 g/mol. The molecule has 21 heavy (non-hydrogen) atoms. The van der Waals surface area contributed by atoms with Gasteiger partial charge in [0.25, 0.3) is 6.43 Å². The molecule has 118 valence electrons. The van der Waals surface area contributed by atoms with Crippen molar-refractivity contribution in [2.24, 2.45) is 0 Å². The lowest BCUT2D eigenvalue weighted by Crippen LogP contribution is -2.52. The Kier molecular flexibility index (Phi) is 5.71. The van der Waals surface area contributed by atoms with E-state index in [9.17, 15) is 8.78 Å². The molecule has 1 N–H and O–H groups in total. The maximum absolute atomic E-state index is 12.7. The van der Waals surface area contributed by atoms with Crippen LogP contribution in [0.3, 0.4) is 0 Å². The lowest BCUT2D eigenvalue weighted by Gasteiger charge is -2.43. The van der Waals surface area contributed by atoms with Crippen molar-refractivity contribution in [1.82, 2.24) is 10.2 Å². The number of hydrogen-bond acceptors (Lipinski definition) is 2. The Morgan fingerprint density at radius 1 is 1.19 bits per heavy atom. The molecule has 0 spiro atoms. The molecular formula is C17H26F2N2. The first kappa shape index (κ1) is 16.4. The fourth-order valence-corrected chi connectivity index (χ4v) is 3.27. The van der Waals surface area contributed by atoms with Gasteiger partial charge in [-0.1, -0.05) is 37.5 Å². The van der Waals surface area contributed by atoms with Crippen LogP contribution in [-0.2, 0) is 6.54 Å². The van der Waals surface area contributed by atoms with Crippen molar-refractivity contribution in [2.45, 2.75) is 50.6 Å². The van der Waals surface area contributed by atoms with Gasteiger partial charge < -0.3 is 10.2 Å². The Balaban J connectivity index is 1.92. The van der Waals surface area contributed by atoms with Gasteiger partial charge in [0, 0.05) is 24.2 Å². The number of hydrogen-bond donors (Lipinski definition) is 1. The molecule has 0 unspecified atom stereocenters. The molecule has 0 radical (unpaired) electrons. The molecule has 2 rings (SSSR count). The minimum Gasteiger partial charge on any atom is -0.311 e. The molecule has 0 atom stereocenters. The molecule has 0 aliphatic heterocycles. The Labute approximate surface area is 126 Å². The first-order valence-electron chi connectivity index (χ1n) is 7.79. The molecule has 1 aromatic rings. The van der Waals surface area contributed by atoms with Crippen molar-refractivity contribution in [1.29, 1.82) is 0 Å². The SMILES string of the molecule is CN(C)C1(CNCc2cccc(C(F)F)c2)CCCCC1. The van der Waals surface area contributed by atoms with Crippen LogP contribution in [0.5, 0.6) is 0 Å². The van der Waals surface area contributed by atoms with Gasteiger partial charge in [-0.25, -0.2) is 8.78 Å². The summed E-state index contributed by atoms with van der Waals surface area (Å²) < 4.78 is 25.4. The quantitative estimate of drug-likeness (QED) is 0.854. The van der Waals surface area contributed by atoms with Crippen molar-refractivity contribution in [3.8, 4) is 0 Å². The minimum atomic E-state index is -2.39. The number of likely N-dealkylation sites (N-methyl/N-ethyl adjacent to an activating group) is 1.